The third-order valence-electron chi connectivity index (χ3n) is 5.33. The molecule has 0 aliphatic carbocycles. The summed E-state index contributed by atoms with van der Waals surface area (Å²) in [4.78, 5) is 0.514. The average Bonchev–Trinajstić information content (AvgIpc) is 2.61. The van der Waals surface area contributed by atoms with Crippen molar-refractivity contribution in [3.8, 4) is 0 Å². The van der Waals surface area contributed by atoms with E-state index in [1.165, 1.54) is 51.8 Å². The molecule has 0 saturated heterocycles. The first-order chi connectivity index (χ1) is 12.0. The summed E-state index contributed by atoms with van der Waals surface area (Å²) < 4.78 is 30.5. The van der Waals surface area contributed by atoms with Crippen LogP contribution in [-0.2, 0) is 9.84 Å². The molecule has 0 heterocycles. The Labute approximate surface area is 160 Å². The van der Waals surface area contributed by atoms with Crippen molar-refractivity contribution in [1.82, 2.24) is 0 Å². The molecule has 0 atom stereocenters. The van der Waals surface area contributed by atoms with Gasteiger partial charge in [0, 0.05) is 0 Å². The van der Waals surface area contributed by atoms with E-state index in [2.05, 4.69) is 32.9 Å². The minimum absolute atomic E-state index is 0.252. The van der Waals surface area contributed by atoms with Gasteiger partial charge in [0.1, 0.15) is 0 Å². The molecule has 2 nitrogen and oxygen atoms in total. The van der Waals surface area contributed by atoms with E-state index in [9.17, 15) is 8.42 Å². The molecule has 144 valence electrons. The van der Waals surface area contributed by atoms with E-state index >= 15 is 0 Å². The molecule has 0 spiro atoms. The van der Waals surface area contributed by atoms with E-state index in [4.69, 9.17) is 0 Å². The van der Waals surface area contributed by atoms with Crippen LogP contribution in [0.15, 0.2) is 29.2 Å². The number of benzene rings is 1. The normalized spacial score (nSPS) is 12.5. The molecule has 0 aromatic heterocycles. The van der Waals surface area contributed by atoms with E-state index in [0.717, 1.165) is 0 Å². The van der Waals surface area contributed by atoms with E-state index < -0.39 is 28.2 Å². The van der Waals surface area contributed by atoms with E-state index in [1.54, 1.807) is 3.58 Å². The van der Waals surface area contributed by atoms with Crippen LogP contribution < -0.4 is 3.58 Å². The summed E-state index contributed by atoms with van der Waals surface area (Å²) in [5.41, 5.74) is 0. The first-order valence-electron chi connectivity index (χ1n) is 10.3. The summed E-state index contributed by atoms with van der Waals surface area (Å²) in [6.07, 6.45) is 8.47. The predicted octanol–water partition coefficient (Wildman–Crippen LogP) is 5.93. The molecule has 0 aliphatic rings. The Morgan fingerprint density at radius 1 is 0.720 bits per heavy atom. The molecule has 0 bridgehead atoms. The van der Waals surface area contributed by atoms with Crippen LogP contribution in [-0.4, -0.2) is 32.5 Å². The van der Waals surface area contributed by atoms with Crippen molar-refractivity contribution in [3.63, 3.8) is 0 Å². The zero-order chi connectivity index (χ0) is 18.8. The standard InChI is InChI=1S/C9H11O2S.3C4H9.Sn/c1-2-8-12(10,11)9-6-4-3-5-7-9;3*1-3-4-2;/h4-7H,2,8H2,1H3;3*1,3-4H2,2H3;. The Kier molecular flexibility index (Phi) is 10.7. The van der Waals surface area contributed by atoms with Crippen molar-refractivity contribution in [1.29, 1.82) is 0 Å². The number of unbranched alkanes of at least 4 members (excludes halogenated alkanes) is 3. The van der Waals surface area contributed by atoms with Gasteiger partial charge in [0.2, 0.25) is 0 Å². The second-order valence-corrected chi connectivity index (χ2v) is 22.8. The van der Waals surface area contributed by atoms with Crippen molar-refractivity contribution in [2.24, 2.45) is 0 Å². The zero-order valence-electron chi connectivity index (χ0n) is 16.8. The number of sulfone groups is 1. The SMILES string of the molecule is CCC[CH2][Sn]([CH2]CCC)([CH2]CCC)[c]1ccc(S(=O)(=O)CCC)cc1. The number of hydrogen-bond acceptors (Lipinski definition) is 2. The van der Waals surface area contributed by atoms with Crippen molar-refractivity contribution < 1.29 is 8.42 Å². The molecule has 25 heavy (non-hydrogen) atoms. The Morgan fingerprint density at radius 2 is 1.16 bits per heavy atom. The Hall–Kier alpha value is -0.0313. The van der Waals surface area contributed by atoms with Crippen molar-refractivity contribution in [2.45, 2.75) is 90.8 Å². The molecule has 1 rings (SSSR count). The first-order valence-corrected chi connectivity index (χ1v) is 19.4. The molecule has 0 radical (unpaired) electrons. The van der Waals surface area contributed by atoms with Gasteiger partial charge in [0.15, 0.2) is 0 Å². The van der Waals surface area contributed by atoms with E-state index in [1.807, 2.05) is 19.1 Å². The van der Waals surface area contributed by atoms with Crippen LogP contribution in [0.4, 0.5) is 0 Å². The summed E-state index contributed by atoms with van der Waals surface area (Å²) in [6, 6.07) is 8.19. The van der Waals surface area contributed by atoms with Gasteiger partial charge >= 0.3 is 161 Å². The third-order valence-corrected chi connectivity index (χ3v) is 22.9. The Balaban J connectivity index is 3.18. The summed E-state index contributed by atoms with van der Waals surface area (Å²) >= 11 is -2.42. The van der Waals surface area contributed by atoms with Crippen molar-refractivity contribution >= 4 is 31.8 Å². The van der Waals surface area contributed by atoms with E-state index in [-0.39, 0.29) is 5.75 Å². The van der Waals surface area contributed by atoms with Crippen LogP contribution in [0.1, 0.15) is 72.6 Å². The van der Waals surface area contributed by atoms with Gasteiger partial charge in [-0.3, -0.25) is 0 Å². The van der Waals surface area contributed by atoms with Crippen LogP contribution >= 0.6 is 0 Å². The molecule has 0 N–H and O–H groups in total. The molecule has 4 heteroatoms. The van der Waals surface area contributed by atoms with Crippen LogP contribution in [0.25, 0.3) is 0 Å². The van der Waals surface area contributed by atoms with Crippen molar-refractivity contribution in [2.75, 3.05) is 5.75 Å². The minimum atomic E-state index is -3.10. The summed E-state index contributed by atoms with van der Waals surface area (Å²) in [6.45, 7) is 8.79. The van der Waals surface area contributed by atoms with Crippen LogP contribution in [0.5, 0.6) is 0 Å². The summed E-state index contributed by atoms with van der Waals surface area (Å²) in [7, 11) is -3.10. The summed E-state index contributed by atoms with van der Waals surface area (Å²) in [5.74, 6) is 0.252. The Bertz CT molecular complexity index is 557. The van der Waals surface area contributed by atoms with Gasteiger partial charge < -0.3 is 0 Å². The van der Waals surface area contributed by atoms with E-state index in [0.29, 0.717) is 11.3 Å². The Morgan fingerprint density at radius 3 is 1.52 bits per heavy atom. The van der Waals surface area contributed by atoms with Gasteiger partial charge in [0.05, 0.1) is 0 Å². The fraction of sp³-hybridized carbons (Fsp3) is 0.714. The van der Waals surface area contributed by atoms with Crippen LogP contribution in [0, 0.1) is 0 Å². The zero-order valence-corrected chi connectivity index (χ0v) is 20.5. The number of rotatable bonds is 13. The molecule has 0 fully saturated rings. The van der Waals surface area contributed by atoms with Gasteiger partial charge in [-0.05, 0) is 0 Å². The molecule has 1 aromatic rings. The van der Waals surface area contributed by atoms with Gasteiger partial charge in [-0.15, -0.1) is 0 Å². The monoisotopic (exact) mass is 474 g/mol. The van der Waals surface area contributed by atoms with Gasteiger partial charge in [-0.2, -0.15) is 0 Å². The molecule has 0 aliphatic heterocycles. The number of hydrogen-bond donors (Lipinski definition) is 0. The molecular weight excluding hydrogens is 435 g/mol. The van der Waals surface area contributed by atoms with Crippen molar-refractivity contribution in [3.05, 3.63) is 24.3 Å². The third kappa shape index (κ3) is 6.89. The molecular formula is C21H38O2SSn. The fourth-order valence-corrected chi connectivity index (χ4v) is 21.0. The van der Waals surface area contributed by atoms with Gasteiger partial charge in [-0.1, -0.05) is 0 Å². The topological polar surface area (TPSA) is 34.1 Å². The average molecular weight is 473 g/mol. The predicted molar refractivity (Wildman–Crippen MR) is 113 cm³/mol. The quantitative estimate of drug-likeness (QED) is 0.333. The summed E-state index contributed by atoms with van der Waals surface area (Å²) in [5, 5.41) is 0. The van der Waals surface area contributed by atoms with Crippen LogP contribution in [0.3, 0.4) is 0 Å². The molecule has 0 saturated carbocycles. The fourth-order valence-electron chi connectivity index (χ4n) is 3.76. The van der Waals surface area contributed by atoms with Crippen LogP contribution in [0.2, 0.25) is 13.3 Å². The van der Waals surface area contributed by atoms with Gasteiger partial charge in [-0.25, -0.2) is 0 Å². The molecule has 0 amide bonds. The first kappa shape index (κ1) is 23.0. The maximum atomic E-state index is 12.3. The molecule has 1 aromatic carbocycles. The second-order valence-electron chi connectivity index (χ2n) is 7.43. The molecule has 0 unspecified atom stereocenters. The second kappa shape index (κ2) is 11.6. The maximum absolute atomic E-state index is 12.3. The van der Waals surface area contributed by atoms with Gasteiger partial charge in [0.25, 0.3) is 0 Å².